The zero-order chi connectivity index (χ0) is 26.7. The minimum Gasteiger partial charge on any atom is -0.497 e. The molecule has 0 radical (unpaired) electrons. The van der Waals surface area contributed by atoms with Crippen LogP contribution < -0.4 is 24.3 Å². The van der Waals surface area contributed by atoms with Crippen LogP contribution in [0.1, 0.15) is 42.3 Å². The number of methoxy groups -OCH3 is 4. The number of nitrogens with one attached hydrogen (secondary N) is 1. The molecule has 0 unspecified atom stereocenters. The first-order valence-electron chi connectivity index (χ1n) is 12.0. The third-order valence-electron chi connectivity index (χ3n) is 6.41. The highest BCUT2D eigenvalue weighted by Crippen LogP contribution is 2.48. The van der Waals surface area contributed by atoms with Crippen molar-refractivity contribution >= 4 is 17.2 Å². The van der Waals surface area contributed by atoms with E-state index in [0.29, 0.717) is 28.6 Å². The number of carbonyl (C=O) groups excluding carboxylic acids is 1. The maximum Gasteiger partial charge on any atom is 0.338 e. The molecule has 194 valence electrons. The van der Waals surface area contributed by atoms with E-state index in [-0.39, 0.29) is 12.1 Å². The fraction of sp³-hybridized carbons (Fsp3) is 0.300. The Morgan fingerprint density at radius 1 is 0.811 bits per heavy atom. The Hall–Kier alpha value is -4.13. The Bertz CT molecular complexity index is 1340. The Balaban J connectivity index is 1.83. The van der Waals surface area contributed by atoms with Gasteiger partial charge in [0.1, 0.15) is 12.4 Å². The largest absolute Gasteiger partial charge is 0.497 e. The maximum atomic E-state index is 13.0. The van der Waals surface area contributed by atoms with Crippen LogP contribution in [0.5, 0.6) is 23.0 Å². The summed E-state index contributed by atoms with van der Waals surface area (Å²) in [4.78, 5) is 13.0. The predicted molar refractivity (Wildman–Crippen MR) is 145 cm³/mol. The predicted octanol–water partition coefficient (Wildman–Crippen LogP) is 6.35. The maximum absolute atomic E-state index is 13.0. The van der Waals surface area contributed by atoms with E-state index < -0.39 is 5.97 Å². The van der Waals surface area contributed by atoms with E-state index in [0.717, 1.165) is 33.5 Å². The van der Waals surface area contributed by atoms with Crippen molar-refractivity contribution < 1.29 is 28.5 Å². The van der Waals surface area contributed by atoms with Crippen molar-refractivity contribution in [1.82, 2.24) is 0 Å². The van der Waals surface area contributed by atoms with Crippen molar-refractivity contribution in [2.24, 2.45) is 0 Å². The molecule has 7 heteroatoms. The van der Waals surface area contributed by atoms with Gasteiger partial charge < -0.3 is 29.0 Å². The highest BCUT2D eigenvalue weighted by atomic mass is 16.5. The molecule has 0 aromatic heterocycles. The molecule has 0 atom stereocenters. The van der Waals surface area contributed by atoms with Gasteiger partial charge in [-0.05, 0) is 74.4 Å². The number of allylic oxidation sites excluding steroid dienone is 1. The van der Waals surface area contributed by atoms with Crippen LogP contribution in [0.3, 0.4) is 0 Å². The van der Waals surface area contributed by atoms with E-state index in [1.165, 1.54) is 0 Å². The second-order valence-corrected chi connectivity index (χ2v) is 9.37. The smallest absolute Gasteiger partial charge is 0.338 e. The third kappa shape index (κ3) is 5.07. The molecule has 3 aromatic rings. The highest BCUT2D eigenvalue weighted by Gasteiger charge is 2.28. The molecule has 1 aliphatic rings. The van der Waals surface area contributed by atoms with Crippen LogP contribution >= 0.6 is 0 Å². The lowest BCUT2D eigenvalue weighted by molar-refractivity contribution is 0.0473. The Morgan fingerprint density at radius 2 is 1.49 bits per heavy atom. The van der Waals surface area contributed by atoms with Crippen LogP contribution in [0.25, 0.3) is 16.7 Å². The molecule has 0 saturated carbocycles. The van der Waals surface area contributed by atoms with Crippen LogP contribution in [0, 0.1) is 0 Å². The molecule has 0 aliphatic carbocycles. The van der Waals surface area contributed by atoms with E-state index in [4.69, 9.17) is 23.7 Å². The van der Waals surface area contributed by atoms with Gasteiger partial charge >= 0.3 is 5.97 Å². The van der Waals surface area contributed by atoms with E-state index in [2.05, 4.69) is 32.2 Å². The van der Waals surface area contributed by atoms with Gasteiger partial charge in [-0.3, -0.25) is 0 Å². The molecule has 0 bridgehead atoms. The Kier molecular flexibility index (Phi) is 7.34. The minimum atomic E-state index is -0.420. The fourth-order valence-electron chi connectivity index (χ4n) is 4.86. The van der Waals surface area contributed by atoms with E-state index in [9.17, 15) is 4.79 Å². The second-order valence-electron chi connectivity index (χ2n) is 9.37. The van der Waals surface area contributed by atoms with Crippen molar-refractivity contribution in [1.29, 1.82) is 0 Å². The van der Waals surface area contributed by atoms with Crippen LogP contribution in [-0.2, 0) is 11.3 Å². The van der Waals surface area contributed by atoms with Crippen molar-refractivity contribution in [2.75, 3.05) is 33.8 Å². The topological polar surface area (TPSA) is 75.3 Å². The summed E-state index contributed by atoms with van der Waals surface area (Å²) < 4.78 is 27.9. The summed E-state index contributed by atoms with van der Waals surface area (Å²) in [5.41, 5.74) is 5.83. The van der Waals surface area contributed by atoms with E-state index in [1.807, 2.05) is 24.3 Å². The summed E-state index contributed by atoms with van der Waals surface area (Å²) in [6.45, 7) is 6.38. The van der Waals surface area contributed by atoms with E-state index in [1.54, 1.807) is 52.7 Å². The first kappa shape index (κ1) is 25.9. The van der Waals surface area contributed by atoms with Gasteiger partial charge in [-0.1, -0.05) is 12.1 Å². The molecule has 3 aromatic carbocycles. The lowest BCUT2D eigenvalue weighted by Crippen LogP contribution is -2.32. The van der Waals surface area contributed by atoms with Crippen LogP contribution in [0.15, 0.2) is 54.6 Å². The normalized spacial score (nSPS) is 13.5. The molecule has 37 heavy (non-hydrogen) atoms. The fourth-order valence-corrected chi connectivity index (χ4v) is 4.86. The third-order valence-corrected chi connectivity index (χ3v) is 6.41. The zero-order valence-electron chi connectivity index (χ0n) is 22.4. The van der Waals surface area contributed by atoms with Crippen LogP contribution in [0.4, 0.5) is 5.69 Å². The molecule has 4 rings (SSSR count). The number of esters is 1. The molecular formula is C30H33NO6. The van der Waals surface area contributed by atoms with Crippen LogP contribution in [0.2, 0.25) is 0 Å². The molecule has 0 amide bonds. The van der Waals surface area contributed by atoms with Gasteiger partial charge in [-0.15, -0.1) is 0 Å². The minimum absolute atomic E-state index is 0.0636. The molecule has 0 spiro atoms. The average Bonchev–Trinajstić information content (AvgIpc) is 2.89. The van der Waals surface area contributed by atoms with Crippen LogP contribution in [-0.4, -0.2) is 39.9 Å². The summed E-state index contributed by atoms with van der Waals surface area (Å²) in [5.74, 6) is 1.85. The molecule has 0 fully saturated rings. The van der Waals surface area contributed by atoms with Gasteiger partial charge in [0, 0.05) is 22.4 Å². The number of carbonyl (C=O) groups is 1. The van der Waals surface area contributed by atoms with Crippen molar-refractivity contribution in [3.63, 3.8) is 0 Å². The summed E-state index contributed by atoms with van der Waals surface area (Å²) in [6.07, 6.45) is 2.18. The van der Waals surface area contributed by atoms with Crippen molar-refractivity contribution in [3.8, 4) is 34.1 Å². The summed E-state index contributed by atoms with van der Waals surface area (Å²) >= 11 is 0. The number of hydrogen-bond donors (Lipinski definition) is 1. The Labute approximate surface area is 218 Å². The van der Waals surface area contributed by atoms with Gasteiger partial charge in [0.15, 0.2) is 11.5 Å². The van der Waals surface area contributed by atoms with Gasteiger partial charge in [-0.25, -0.2) is 4.79 Å². The number of ether oxygens (including phenoxy) is 5. The molecule has 1 aliphatic heterocycles. The van der Waals surface area contributed by atoms with Crippen molar-refractivity contribution in [3.05, 3.63) is 71.3 Å². The number of hydrogen-bond acceptors (Lipinski definition) is 7. The Morgan fingerprint density at radius 3 is 2.11 bits per heavy atom. The zero-order valence-corrected chi connectivity index (χ0v) is 22.4. The second kappa shape index (κ2) is 10.5. The number of rotatable bonds is 8. The monoisotopic (exact) mass is 503 g/mol. The standard InChI is InChI=1S/C30H33NO6/c1-18-16-30(2,3)31-24-14-12-21(22-13-15-25(34-5)28(36-7)27(22)35-6)23(26(18)24)17-37-29(32)19-8-10-20(33-4)11-9-19/h8-16,31H,17H2,1-7H3. The molecule has 1 N–H and O–H groups in total. The molecular weight excluding hydrogens is 470 g/mol. The van der Waals surface area contributed by atoms with Gasteiger partial charge in [-0.2, -0.15) is 0 Å². The summed E-state index contributed by atoms with van der Waals surface area (Å²) in [7, 11) is 6.34. The quantitative estimate of drug-likeness (QED) is 0.359. The van der Waals surface area contributed by atoms with E-state index >= 15 is 0 Å². The highest BCUT2D eigenvalue weighted by molar-refractivity contribution is 5.91. The lowest BCUT2D eigenvalue weighted by Gasteiger charge is -2.33. The van der Waals surface area contributed by atoms with Crippen molar-refractivity contribution in [2.45, 2.75) is 32.9 Å². The number of fused-ring (bicyclic) bond motifs is 1. The number of benzene rings is 3. The lowest BCUT2D eigenvalue weighted by atomic mass is 9.85. The molecule has 1 heterocycles. The SMILES string of the molecule is COc1ccc(C(=O)OCc2c(-c3ccc(OC)c(OC)c3OC)ccc3c2C(C)=CC(C)(C)N3)cc1. The first-order chi connectivity index (χ1) is 17.7. The molecule has 0 saturated heterocycles. The van der Waals surface area contributed by atoms with Gasteiger partial charge in [0.2, 0.25) is 5.75 Å². The van der Waals surface area contributed by atoms with Gasteiger partial charge in [0.25, 0.3) is 0 Å². The number of anilines is 1. The average molecular weight is 504 g/mol. The summed E-state index contributed by atoms with van der Waals surface area (Å²) in [6, 6.07) is 14.7. The first-order valence-corrected chi connectivity index (χ1v) is 12.0. The molecule has 7 nitrogen and oxygen atoms in total. The van der Waals surface area contributed by atoms with Gasteiger partial charge in [0.05, 0.1) is 39.5 Å². The summed E-state index contributed by atoms with van der Waals surface area (Å²) in [5, 5.41) is 3.58.